The normalized spacial score (nSPS) is 32.8. The summed E-state index contributed by atoms with van der Waals surface area (Å²) in [6.45, 7) is 0.807. The number of hydrogen-bond donors (Lipinski definition) is 2. The van der Waals surface area contributed by atoms with Gasteiger partial charge in [0.25, 0.3) is 0 Å². The maximum Gasteiger partial charge on any atom is 0.133 e. The molecule has 2 N–H and O–H groups in total. The van der Waals surface area contributed by atoms with Gasteiger partial charge in [0.2, 0.25) is 0 Å². The quantitative estimate of drug-likeness (QED) is 0.651. The first kappa shape index (κ1) is 9.44. The molecule has 0 aromatic heterocycles. The van der Waals surface area contributed by atoms with E-state index in [2.05, 4.69) is 10.8 Å². The topological polar surface area (TPSA) is 33.3 Å². The smallest absolute Gasteiger partial charge is 0.133 e. The van der Waals surface area contributed by atoms with Crippen LogP contribution in [0.4, 0.5) is 0 Å². The Morgan fingerprint density at radius 2 is 1.62 bits per heavy atom. The first-order chi connectivity index (χ1) is 6.47. The Morgan fingerprint density at radius 1 is 0.923 bits per heavy atom. The minimum Gasteiger partial charge on any atom is -0.281 e. The Morgan fingerprint density at radius 3 is 2.23 bits per heavy atom. The Balaban J connectivity index is 1.80. The average molecular weight is 184 g/mol. The Bertz CT molecular complexity index is 138. The van der Waals surface area contributed by atoms with Crippen molar-refractivity contribution in [3.05, 3.63) is 0 Å². The zero-order chi connectivity index (χ0) is 8.93. The number of hydroxylamine groups is 1. The van der Waals surface area contributed by atoms with Crippen LogP contribution in [0.2, 0.25) is 0 Å². The molecule has 0 spiro atoms. The lowest BCUT2D eigenvalue weighted by Gasteiger charge is -2.23. The fraction of sp³-hybridized carbons (Fsp3) is 1.00. The lowest BCUT2D eigenvalue weighted by atomic mass is 9.90. The number of rotatable bonds is 1. The Labute approximate surface area is 80.2 Å². The van der Waals surface area contributed by atoms with Crippen molar-refractivity contribution in [2.45, 2.75) is 51.2 Å². The van der Waals surface area contributed by atoms with Gasteiger partial charge in [-0.25, -0.2) is 0 Å². The molecule has 1 atom stereocenters. The summed E-state index contributed by atoms with van der Waals surface area (Å²) in [5.41, 5.74) is 2.89. The second-order valence-electron chi connectivity index (χ2n) is 4.17. The van der Waals surface area contributed by atoms with E-state index in [1.165, 1.54) is 44.9 Å². The molecule has 0 radical (unpaired) electrons. The van der Waals surface area contributed by atoms with Gasteiger partial charge in [0.15, 0.2) is 0 Å². The van der Waals surface area contributed by atoms with Gasteiger partial charge in [-0.05, 0) is 12.8 Å². The average Bonchev–Trinajstić information content (AvgIpc) is 2.55. The van der Waals surface area contributed by atoms with Crippen LogP contribution in [-0.2, 0) is 4.84 Å². The molecular weight excluding hydrogens is 164 g/mol. The minimum absolute atomic E-state index is 0.276. The maximum atomic E-state index is 5.43. The van der Waals surface area contributed by atoms with E-state index in [0.29, 0.717) is 0 Å². The number of nitrogens with one attached hydrogen (secondary N) is 2. The molecule has 1 saturated carbocycles. The fourth-order valence-electron chi connectivity index (χ4n) is 2.37. The van der Waals surface area contributed by atoms with E-state index in [1.807, 2.05) is 0 Å². The van der Waals surface area contributed by atoms with Crippen LogP contribution in [0.25, 0.3) is 0 Å². The van der Waals surface area contributed by atoms with Gasteiger partial charge in [-0.2, -0.15) is 5.48 Å². The van der Waals surface area contributed by atoms with Crippen molar-refractivity contribution >= 4 is 0 Å². The predicted molar refractivity (Wildman–Crippen MR) is 51.8 cm³/mol. The molecule has 0 amide bonds. The summed E-state index contributed by atoms with van der Waals surface area (Å²) >= 11 is 0. The molecule has 1 aliphatic carbocycles. The predicted octanol–water partition coefficient (Wildman–Crippen LogP) is 1.75. The Hall–Kier alpha value is -0.120. The van der Waals surface area contributed by atoms with Crippen molar-refractivity contribution in [3.8, 4) is 0 Å². The third kappa shape index (κ3) is 2.66. The minimum atomic E-state index is 0.276. The van der Waals surface area contributed by atoms with E-state index in [9.17, 15) is 0 Å². The lowest BCUT2D eigenvalue weighted by Crippen LogP contribution is -2.32. The zero-order valence-electron chi connectivity index (χ0n) is 8.22. The van der Waals surface area contributed by atoms with Gasteiger partial charge in [-0.1, -0.05) is 32.1 Å². The van der Waals surface area contributed by atoms with Gasteiger partial charge < -0.3 is 0 Å². The van der Waals surface area contributed by atoms with E-state index < -0.39 is 0 Å². The lowest BCUT2D eigenvalue weighted by molar-refractivity contribution is -0.0139. The molecule has 1 unspecified atom stereocenters. The summed E-state index contributed by atoms with van der Waals surface area (Å²) in [6, 6.07) is 0. The molecule has 3 heteroatoms. The molecule has 2 rings (SSSR count). The van der Waals surface area contributed by atoms with Crippen LogP contribution in [-0.4, -0.2) is 12.9 Å². The van der Waals surface area contributed by atoms with Crippen LogP contribution in [0.3, 0.4) is 0 Å². The van der Waals surface area contributed by atoms with Gasteiger partial charge in [-0.3, -0.25) is 10.2 Å². The highest BCUT2D eigenvalue weighted by molar-refractivity contribution is 4.72. The maximum absolute atomic E-state index is 5.43. The molecule has 2 fully saturated rings. The molecule has 0 aromatic carbocycles. The van der Waals surface area contributed by atoms with Crippen LogP contribution in [0.1, 0.15) is 44.9 Å². The summed E-state index contributed by atoms with van der Waals surface area (Å²) in [5.74, 6) is 0.732. The van der Waals surface area contributed by atoms with Crippen LogP contribution in [0, 0.1) is 5.92 Å². The van der Waals surface area contributed by atoms with Gasteiger partial charge >= 0.3 is 0 Å². The van der Waals surface area contributed by atoms with Crippen molar-refractivity contribution in [1.82, 2.24) is 10.8 Å². The van der Waals surface area contributed by atoms with Crippen LogP contribution in [0.5, 0.6) is 0 Å². The van der Waals surface area contributed by atoms with Gasteiger partial charge in [-0.15, -0.1) is 0 Å². The van der Waals surface area contributed by atoms with Gasteiger partial charge in [0.05, 0.1) is 6.67 Å². The van der Waals surface area contributed by atoms with Gasteiger partial charge in [0.1, 0.15) is 6.23 Å². The van der Waals surface area contributed by atoms with Crippen LogP contribution >= 0.6 is 0 Å². The molecule has 0 bridgehead atoms. The second-order valence-corrected chi connectivity index (χ2v) is 4.17. The van der Waals surface area contributed by atoms with E-state index in [0.717, 1.165) is 12.6 Å². The summed E-state index contributed by atoms with van der Waals surface area (Å²) in [6.07, 6.45) is 9.96. The highest BCUT2D eigenvalue weighted by Gasteiger charge is 2.25. The molecule has 1 aliphatic heterocycles. The summed E-state index contributed by atoms with van der Waals surface area (Å²) < 4.78 is 0. The third-order valence-electron chi connectivity index (χ3n) is 3.16. The molecule has 0 aromatic rings. The Kier molecular flexibility index (Phi) is 3.58. The first-order valence-electron chi connectivity index (χ1n) is 5.59. The van der Waals surface area contributed by atoms with Crippen molar-refractivity contribution in [1.29, 1.82) is 0 Å². The van der Waals surface area contributed by atoms with Crippen molar-refractivity contribution in [3.63, 3.8) is 0 Å². The van der Waals surface area contributed by atoms with Crippen molar-refractivity contribution in [2.75, 3.05) is 6.67 Å². The highest BCUT2D eigenvalue weighted by Crippen LogP contribution is 2.25. The fourth-order valence-corrected chi connectivity index (χ4v) is 2.37. The first-order valence-corrected chi connectivity index (χ1v) is 5.59. The second kappa shape index (κ2) is 4.94. The largest absolute Gasteiger partial charge is 0.281 e. The molecule has 2 aliphatic rings. The van der Waals surface area contributed by atoms with E-state index >= 15 is 0 Å². The standard InChI is InChI=1S/C10H20N2O/c1-2-4-6-9(7-5-3-1)10-11-8-12-13-10/h9-12H,1-8H2. The van der Waals surface area contributed by atoms with Crippen molar-refractivity contribution < 1.29 is 4.84 Å². The summed E-state index contributed by atoms with van der Waals surface area (Å²) in [5, 5.41) is 3.34. The summed E-state index contributed by atoms with van der Waals surface area (Å²) in [7, 11) is 0. The molecule has 76 valence electrons. The number of hydrogen-bond acceptors (Lipinski definition) is 3. The molecule has 13 heavy (non-hydrogen) atoms. The third-order valence-corrected chi connectivity index (χ3v) is 3.16. The molecular formula is C10H20N2O. The molecule has 1 heterocycles. The van der Waals surface area contributed by atoms with Gasteiger partial charge in [0, 0.05) is 5.92 Å². The summed E-state index contributed by atoms with van der Waals surface area (Å²) in [4.78, 5) is 5.43. The zero-order valence-corrected chi connectivity index (χ0v) is 8.22. The van der Waals surface area contributed by atoms with E-state index in [1.54, 1.807) is 0 Å². The van der Waals surface area contributed by atoms with E-state index in [-0.39, 0.29) is 6.23 Å². The monoisotopic (exact) mass is 184 g/mol. The molecule has 3 nitrogen and oxygen atoms in total. The van der Waals surface area contributed by atoms with Crippen LogP contribution in [0.15, 0.2) is 0 Å². The molecule has 1 saturated heterocycles. The van der Waals surface area contributed by atoms with Crippen LogP contribution < -0.4 is 10.8 Å². The van der Waals surface area contributed by atoms with Crippen molar-refractivity contribution in [2.24, 2.45) is 5.92 Å². The highest BCUT2D eigenvalue weighted by atomic mass is 16.7. The van der Waals surface area contributed by atoms with E-state index in [4.69, 9.17) is 4.84 Å². The SMILES string of the molecule is C1CCCC(C2NCNO2)CCC1.